The second-order valence-electron chi connectivity index (χ2n) is 4.78. The topological polar surface area (TPSA) is 51.9 Å². The fourth-order valence-electron chi connectivity index (χ4n) is 2.25. The summed E-state index contributed by atoms with van der Waals surface area (Å²) in [6.07, 6.45) is 5.34. The van der Waals surface area contributed by atoms with Crippen molar-refractivity contribution >= 4 is 34.1 Å². The first-order valence-corrected chi connectivity index (χ1v) is 7.10. The van der Waals surface area contributed by atoms with Crippen molar-refractivity contribution in [3.63, 3.8) is 0 Å². The number of hydrogen-bond donors (Lipinski definition) is 1. The van der Waals surface area contributed by atoms with Gasteiger partial charge in [-0.25, -0.2) is 0 Å². The third-order valence-corrected chi connectivity index (χ3v) is 3.53. The molecule has 1 N–H and O–H groups in total. The Balaban J connectivity index is 1.75. The maximum Gasteiger partial charge on any atom is 0.244 e. The van der Waals surface area contributed by atoms with Crippen molar-refractivity contribution in [2.24, 2.45) is 0 Å². The van der Waals surface area contributed by atoms with E-state index in [1.165, 1.54) is 0 Å². The second kappa shape index (κ2) is 5.61. The minimum absolute atomic E-state index is 0.0943. The number of carbonyl (C=O) groups excluding carboxylic acids is 1. The fraction of sp³-hybridized carbons (Fsp3) is 0.200. The van der Waals surface area contributed by atoms with Crippen molar-refractivity contribution in [3.05, 3.63) is 47.9 Å². The predicted octanol–water partition coefficient (Wildman–Crippen LogP) is 3.15. The van der Waals surface area contributed by atoms with Crippen molar-refractivity contribution < 1.29 is 4.79 Å². The molecule has 0 fully saturated rings. The molecular weight excluding hydrogens is 288 g/mol. The highest BCUT2D eigenvalue weighted by atomic mass is 35.5. The number of halogens is 1. The van der Waals surface area contributed by atoms with Crippen LogP contribution >= 0.6 is 11.6 Å². The summed E-state index contributed by atoms with van der Waals surface area (Å²) in [5.41, 5.74) is 1.65. The standard InChI is InChI=1S/C15H15ClN4O/c1-2-20-9-13(8-17-20)18-15(21)10-19-6-5-11-3-4-12(16)7-14(11)19/h3-9H,2,10H2,1H3,(H,18,21). The molecule has 0 aliphatic heterocycles. The van der Waals surface area contributed by atoms with Crippen LogP contribution in [0, 0.1) is 0 Å². The molecule has 0 radical (unpaired) electrons. The molecule has 3 rings (SSSR count). The molecule has 1 amide bonds. The number of nitrogens with zero attached hydrogens (tertiary/aromatic N) is 3. The van der Waals surface area contributed by atoms with Crippen molar-refractivity contribution in [3.8, 4) is 0 Å². The van der Waals surface area contributed by atoms with E-state index < -0.39 is 0 Å². The molecule has 108 valence electrons. The number of rotatable bonds is 4. The molecule has 0 spiro atoms. The molecule has 0 saturated heterocycles. The lowest BCUT2D eigenvalue weighted by Gasteiger charge is -2.06. The molecular formula is C15H15ClN4O. The Morgan fingerprint density at radius 1 is 1.38 bits per heavy atom. The van der Waals surface area contributed by atoms with Gasteiger partial charge in [-0.05, 0) is 30.5 Å². The van der Waals surface area contributed by atoms with Crippen molar-refractivity contribution in [2.75, 3.05) is 5.32 Å². The monoisotopic (exact) mass is 302 g/mol. The van der Waals surface area contributed by atoms with Gasteiger partial charge in [0.1, 0.15) is 6.54 Å². The molecule has 0 bridgehead atoms. The Bertz CT molecular complexity index is 790. The fourth-order valence-corrected chi connectivity index (χ4v) is 2.42. The number of anilines is 1. The summed E-state index contributed by atoms with van der Waals surface area (Å²) < 4.78 is 3.64. The number of benzene rings is 1. The summed E-state index contributed by atoms with van der Waals surface area (Å²) in [6.45, 7) is 3.01. The third-order valence-electron chi connectivity index (χ3n) is 3.29. The van der Waals surface area contributed by atoms with E-state index in [9.17, 15) is 4.79 Å². The van der Waals surface area contributed by atoms with E-state index in [-0.39, 0.29) is 12.5 Å². The molecule has 2 heterocycles. The number of aryl methyl sites for hydroxylation is 1. The third kappa shape index (κ3) is 2.92. The van der Waals surface area contributed by atoms with Gasteiger partial charge < -0.3 is 9.88 Å². The van der Waals surface area contributed by atoms with Gasteiger partial charge in [0, 0.05) is 29.5 Å². The average Bonchev–Trinajstić information content (AvgIpc) is 3.06. The maximum absolute atomic E-state index is 12.1. The molecule has 0 aliphatic rings. The van der Waals surface area contributed by atoms with Gasteiger partial charge in [-0.3, -0.25) is 9.48 Å². The van der Waals surface area contributed by atoms with Crippen LogP contribution in [-0.4, -0.2) is 20.3 Å². The maximum atomic E-state index is 12.1. The van der Waals surface area contributed by atoms with E-state index >= 15 is 0 Å². The van der Waals surface area contributed by atoms with E-state index in [0.29, 0.717) is 10.7 Å². The SMILES string of the molecule is CCn1cc(NC(=O)Cn2ccc3ccc(Cl)cc32)cn1. The number of hydrogen-bond acceptors (Lipinski definition) is 2. The molecule has 0 unspecified atom stereocenters. The molecule has 0 aliphatic carbocycles. The minimum Gasteiger partial charge on any atom is -0.338 e. The highest BCUT2D eigenvalue weighted by Crippen LogP contribution is 2.20. The predicted molar refractivity (Wildman–Crippen MR) is 83.5 cm³/mol. The highest BCUT2D eigenvalue weighted by Gasteiger charge is 2.08. The van der Waals surface area contributed by atoms with Crippen LogP contribution < -0.4 is 5.32 Å². The van der Waals surface area contributed by atoms with Gasteiger partial charge in [-0.1, -0.05) is 17.7 Å². The van der Waals surface area contributed by atoms with E-state index in [1.54, 1.807) is 10.9 Å². The summed E-state index contributed by atoms with van der Waals surface area (Å²) in [6, 6.07) is 7.61. The van der Waals surface area contributed by atoms with Gasteiger partial charge in [-0.15, -0.1) is 0 Å². The number of carbonyl (C=O) groups is 1. The Hall–Kier alpha value is -2.27. The van der Waals surface area contributed by atoms with Crippen LogP contribution in [-0.2, 0) is 17.9 Å². The summed E-state index contributed by atoms with van der Waals surface area (Å²) >= 11 is 6.01. The van der Waals surface area contributed by atoms with E-state index in [4.69, 9.17) is 11.6 Å². The summed E-state index contributed by atoms with van der Waals surface area (Å²) in [4.78, 5) is 12.1. The van der Waals surface area contributed by atoms with Crippen LogP contribution in [0.2, 0.25) is 5.02 Å². The van der Waals surface area contributed by atoms with Gasteiger partial charge in [0.25, 0.3) is 0 Å². The second-order valence-corrected chi connectivity index (χ2v) is 5.22. The van der Waals surface area contributed by atoms with Crippen LogP contribution in [0.3, 0.4) is 0 Å². The first-order chi connectivity index (χ1) is 10.2. The largest absolute Gasteiger partial charge is 0.338 e. The smallest absolute Gasteiger partial charge is 0.244 e. The lowest BCUT2D eigenvalue weighted by atomic mass is 10.2. The zero-order chi connectivity index (χ0) is 14.8. The Morgan fingerprint density at radius 3 is 3.00 bits per heavy atom. The van der Waals surface area contributed by atoms with Gasteiger partial charge >= 0.3 is 0 Å². The summed E-state index contributed by atoms with van der Waals surface area (Å²) in [5.74, 6) is -0.0943. The number of aromatic nitrogens is 3. The van der Waals surface area contributed by atoms with Crippen molar-refractivity contribution in [2.45, 2.75) is 20.0 Å². The average molecular weight is 303 g/mol. The molecule has 0 atom stereocenters. The first kappa shape index (κ1) is 13.7. The Kier molecular flexibility index (Phi) is 3.66. The summed E-state index contributed by atoms with van der Waals surface area (Å²) in [7, 11) is 0. The molecule has 5 nitrogen and oxygen atoms in total. The lowest BCUT2D eigenvalue weighted by Crippen LogP contribution is -2.17. The number of nitrogens with one attached hydrogen (secondary N) is 1. The van der Waals surface area contributed by atoms with Crippen LogP contribution in [0.15, 0.2) is 42.9 Å². The lowest BCUT2D eigenvalue weighted by molar-refractivity contribution is -0.116. The quantitative estimate of drug-likeness (QED) is 0.805. The van der Waals surface area contributed by atoms with E-state index in [0.717, 1.165) is 17.4 Å². The van der Waals surface area contributed by atoms with E-state index in [2.05, 4.69) is 10.4 Å². The Labute approximate surface area is 127 Å². The minimum atomic E-state index is -0.0943. The van der Waals surface area contributed by atoms with Gasteiger partial charge in [0.2, 0.25) is 5.91 Å². The molecule has 1 aromatic carbocycles. The number of amides is 1. The molecule has 21 heavy (non-hydrogen) atoms. The number of fused-ring (bicyclic) bond motifs is 1. The van der Waals surface area contributed by atoms with Gasteiger partial charge in [-0.2, -0.15) is 5.10 Å². The van der Waals surface area contributed by atoms with Crippen molar-refractivity contribution in [1.29, 1.82) is 0 Å². The van der Waals surface area contributed by atoms with Gasteiger partial charge in [0.05, 0.1) is 11.9 Å². The van der Waals surface area contributed by atoms with E-state index in [1.807, 2.05) is 48.1 Å². The van der Waals surface area contributed by atoms with Gasteiger partial charge in [0.15, 0.2) is 0 Å². The van der Waals surface area contributed by atoms with Crippen molar-refractivity contribution in [1.82, 2.24) is 14.3 Å². The molecule has 6 heteroatoms. The van der Waals surface area contributed by atoms with Crippen LogP contribution in [0.5, 0.6) is 0 Å². The molecule has 2 aromatic heterocycles. The highest BCUT2D eigenvalue weighted by molar-refractivity contribution is 6.31. The zero-order valence-electron chi connectivity index (χ0n) is 11.6. The first-order valence-electron chi connectivity index (χ1n) is 6.72. The zero-order valence-corrected chi connectivity index (χ0v) is 12.3. The van der Waals surface area contributed by atoms with Crippen LogP contribution in [0.25, 0.3) is 10.9 Å². The molecule has 3 aromatic rings. The molecule has 0 saturated carbocycles. The van der Waals surface area contributed by atoms with Crippen LogP contribution in [0.1, 0.15) is 6.92 Å². The van der Waals surface area contributed by atoms with Crippen LogP contribution in [0.4, 0.5) is 5.69 Å². The normalized spacial score (nSPS) is 11.0. The Morgan fingerprint density at radius 2 is 2.24 bits per heavy atom. The summed E-state index contributed by atoms with van der Waals surface area (Å²) in [5, 5.41) is 8.68.